The molecular formula is C13H19BrN2O2S. The van der Waals surface area contributed by atoms with Crippen molar-refractivity contribution in [2.24, 2.45) is 0 Å². The Hall–Kier alpha value is -0.590. The van der Waals surface area contributed by atoms with Crippen LogP contribution in [0.3, 0.4) is 0 Å². The topological polar surface area (TPSA) is 41.6 Å². The largest absolute Gasteiger partial charge is 0.444 e. The minimum absolute atomic E-state index is 0.184. The predicted octanol–water partition coefficient (Wildman–Crippen LogP) is 3.39. The van der Waals surface area contributed by atoms with Crippen molar-refractivity contribution in [1.29, 1.82) is 0 Å². The van der Waals surface area contributed by atoms with E-state index in [2.05, 4.69) is 32.7 Å². The molecule has 1 aliphatic heterocycles. The maximum absolute atomic E-state index is 12.1. The van der Waals surface area contributed by atoms with Crippen molar-refractivity contribution in [3.63, 3.8) is 0 Å². The van der Waals surface area contributed by atoms with E-state index in [-0.39, 0.29) is 12.1 Å². The first kappa shape index (κ1) is 14.8. The summed E-state index contributed by atoms with van der Waals surface area (Å²) in [5.74, 6) is 0. The monoisotopic (exact) mass is 346 g/mol. The molecule has 0 aliphatic carbocycles. The lowest BCUT2D eigenvalue weighted by Crippen LogP contribution is -2.49. The van der Waals surface area contributed by atoms with Gasteiger partial charge in [0.15, 0.2) is 0 Å². The number of carbonyl (C=O) groups excluding carboxylic acids is 1. The van der Waals surface area contributed by atoms with Crippen LogP contribution in [0.25, 0.3) is 0 Å². The van der Waals surface area contributed by atoms with Gasteiger partial charge in [0.25, 0.3) is 0 Å². The van der Waals surface area contributed by atoms with Gasteiger partial charge in [-0.15, -0.1) is 11.3 Å². The maximum Gasteiger partial charge on any atom is 0.410 e. The predicted molar refractivity (Wildman–Crippen MR) is 80.6 cm³/mol. The highest BCUT2D eigenvalue weighted by molar-refractivity contribution is 9.11. The molecule has 1 atom stereocenters. The van der Waals surface area contributed by atoms with Crippen LogP contribution in [0.5, 0.6) is 0 Å². The number of hydrogen-bond acceptors (Lipinski definition) is 4. The fourth-order valence-corrected chi connectivity index (χ4v) is 3.20. The quantitative estimate of drug-likeness (QED) is 0.847. The summed E-state index contributed by atoms with van der Waals surface area (Å²) in [7, 11) is 0. The van der Waals surface area contributed by atoms with Crippen molar-refractivity contribution in [3.8, 4) is 0 Å². The number of hydrogen-bond donors (Lipinski definition) is 1. The zero-order valence-electron chi connectivity index (χ0n) is 11.4. The van der Waals surface area contributed by atoms with Crippen LogP contribution in [0.15, 0.2) is 15.2 Å². The fourth-order valence-electron chi connectivity index (χ4n) is 1.97. The van der Waals surface area contributed by atoms with Crippen molar-refractivity contribution in [3.05, 3.63) is 20.8 Å². The number of amides is 1. The Balaban J connectivity index is 1.99. The first-order valence-electron chi connectivity index (χ1n) is 6.30. The van der Waals surface area contributed by atoms with Gasteiger partial charge in [-0.25, -0.2) is 4.79 Å². The van der Waals surface area contributed by atoms with E-state index in [1.807, 2.05) is 20.8 Å². The summed E-state index contributed by atoms with van der Waals surface area (Å²) in [6.07, 6.45) is -0.228. The summed E-state index contributed by atoms with van der Waals surface area (Å²) in [6, 6.07) is 2.28. The Morgan fingerprint density at radius 3 is 2.89 bits per heavy atom. The second-order valence-corrected chi connectivity index (χ2v) is 7.91. The Morgan fingerprint density at radius 2 is 2.32 bits per heavy atom. The number of nitrogens with zero attached hydrogens (tertiary/aromatic N) is 1. The molecule has 4 nitrogen and oxygen atoms in total. The van der Waals surface area contributed by atoms with Crippen molar-refractivity contribution in [1.82, 2.24) is 10.2 Å². The SMILES string of the molecule is CC(C)(C)OC(=O)N1CCNC(c2csc(Br)c2)C1. The minimum Gasteiger partial charge on any atom is -0.444 e. The van der Waals surface area contributed by atoms with Crippen LogP contribution in [-0.2, 0) is 4.74 Å². The lowest BCUT2D eigenvalue weighted by Gasteiger charge is -2.34. The molecule has 1 aromatic rings. The van der Waals surface area contributed by atoms with Crippen molar-refractivity contribution in [2.45, 2.75) is 32.4 Å². The summed E-state index contributed by atoms with van der Waals surface area (Å²) >= 11 is 5.13. The standard InChI is InChI=1S/C13H19BrN2O2S/c1-13(2,3)18-12(17)16-5-4-15-10(7-16)9-6-11(14)19-8-9/h6,8,10,15H,4-5,7H2,1-3H3. The van der Waals surface area contributed by atoms with Gasteiger partial charge in [0.2, 0.25) is 0 Å². The molecule has 0 spiro atoms. The fraction of sp³-hybridized carbons (Fsp3) is 0.615. The number of thiophene rings is 1. The van der Waals surface area contributed by atoms with Crippen LogP contribution in [0.2, 0.25) is 0 Å². The third-order valence-corrected chi connectivity index (χ3v) is 4.34. The highest BCUT2D eigenvalue weighted by Gasteiger charge is 2.28. The average Bonchev–Trinajstić information content (AvgIpc) is 2.74. The van der Waals surface area contributed by atoms with Crippen molar-refractivity contribution < 1.29 is 9.53 Å². The van der Waals surface area contributed by atoms with Crippen LogP contribution in [0, 0.1) is 0 Å². The zero-order chi connectivity index (χ0) is 14.0. The highest BCUT2D eigenvalue weighted by atomic mass is 79.9. The average molecular weight is 347 g/mol. The lowest BCUT2D eigenvalue weighted by molar-refractivity contribution is 0.0195. The smallest absolute Gasteiger partial charge is 0.410 e. The van der Waals surface area contributed by atoms with Gasteiger partial charge in [-0.3, -0.25) is 0 Å². The molecule has 6 heteroatoms. The Kier molecular flexibility index (Phi) is 4.53. The Bertz CT molecular complexity index is 456. The first-order valence-corrected chi connectivity index (χ1v) is 7.98. The van der Waals surface area contributed by atoms with Gasteiger partial charge >= 0.3 is 6.09 Å². The van der Waals surface area contributed by atoms with Gasteiger partial charge in [-0.2, -0.15) is 0 Å². The van der Waals surface area contributed by atoms with Crippen LogP contribution in [-0.4, -0.2) is 36.2 Å². The van der Waals surface area contributed by atoms with E-state index < -0.39 is 5.60 Å². The maximum atomic E-state index is 12.1. The van der Waals surface area contributed by atoms with E-state index >= 15 is 0 Å². The second-order valence-electron chi connectivity index (χ2n) is 5.62. The van der Waals surface area contributed by atoms with Crippen LogP contribution >= 0.6 is 27.3 Å². The van der Waals surface area contributed by atoms with E-state index in [1.165, 1.54) is 5.56 Å². The summed E-state index contributed by atoms with van der Waals surface area (Å²) < 4.78 is 6.53. The third kappa shape index (κ3) is 4.19. The third-order valence-electron chi connectivity index (χ3n) is 2.82. The first-order chi connectivity index (χ1) is 8.85. The van der Waals surface area contributed by atoms with Gasteiger partial charge in [-0.1, -0.05) is 0 Å². The molecule has 1 fully saturated rings. The molecule has 1 unspecified atom stereocenters. The van der Waals surface area contributed by atoms with Gasteiger partial charge in [0.05, 0.1) is 9.83 Å². The van der Waals surface area contributed by atoms with Gasteiger partial charge in [0.1, 0.15) is 5.60 Å². The second kappa shape index (κ2) is 5.81. The molecule has 0 aromatic carbocycles. The molecular weight excluding hydrogens is 328 g/mol. The van der Waals surface area contributed by atoms with Gasteiger partial charge in [0, 0.05) is 19.6 Å². The number of nitrogens with one attached hydrogen (secondary N) is 1. The molecule has 1 aromatic heterocycles. The minimum atomic E-state index is -0.442. The van der Waals surface area contributed by atoms with E-state index in [0.29, 0.717) is 13.1 Å². The molecule has 1 N–H and O–H groups in total. The number of ether oxygens (including phenoxy) is 1. The van der Waals surface area contributed by atoms with Crippen LogP contribution < -0.4 is 5.32 Å². The number of halogens is 1. The van der Waals surface area contributed by atoms with E-state index in [4.69, 9.17) is 4.74 Å². The van der Waals surface area contributed by atoms with Crippen LogP contribution in [0.1, 0.15) is 32.4 Å². The molecule has 1 aliphatic rings. The van der Waals surface area contributed by atoms with Gasteiger partial charge in [-0.05, 0) is 53.7 Å². The highest BCUT2D eigenvalue weighted by Crippen LogP contribution is 2.27. The van der Waals surface area contributed by atoms with Crippen molar-refractivity contribution >= 4 is 33.4 Å². The number of carbonyl (C=O) groups is 1. The summed E-state index contributed by atoms with van der Waals surface area (Å²) in [5, 5.41) is 5.54. The van der Waals surface area contributed by atoms with E-state index in [9.17, 15) is 4.79 Å². The Labute approximate surface area is 126 Å². The Morgan fingerprint density at radius 1 is 1.58 bits per heavy atom. The molecule has 0 saturated carbocycles. The van der Waals surface area contributed by atoms with Crippen LogP contribution in [0.4, 0.5) is 4.79 Å². The molecule has 2 rings (SSSR count). The molecule has 0 bridgehead atoms. The lowest BCUT2D eigenvalue weighted by atomic mass is 10.1. The molecule has 1 saturated heterocycles. The summed E-state index contributed by atoms with van der Waals surface area (Å²) in [5.41, 5.74) is 0.771. The number of rotatable bonds is 1. The number of piperazine rings is 1. The van der Waals surface area contributed by atoms with E-state index in [0.717, 1.165) is 10.3 Å². The molecule has 1 amide bonds. The van der Waals surface area contributed by atoms with E-state index in [1.54, 1.807) is 16.2 Å². The molecule has 2 heterocycles. The summed E-state index contributed by atoms with van der Waals surface area (Å²) in [6.45, 7) is 7.80. The van der Waals surface area contributed by atoms with Gasteiger partial charge < -0.3 is 15.0 Å². The normalized spacial score (nSPS) is 20.4. The molecule has 19 heavy (non-hydrogen) atoms. The van der Waals surface area contributed by atoms with Crippen molar-refractivity contribution in [2.75, 3.05) is 19.6 Å². The zero-order valence-corrected chi connectivity index (χ0v) is 13.8. The molecule has 0 radical (unpaired) electrons. The summed E-state index contributed by atoms with van der Waals surface area (Å²) in [4.78, 5) is 13.8. The molecule has 106 valence electrons.